The van der Waals surface area contributed by atoms with Crippen molar-refractivity contribution in [3.63, 3.8) is 0 Å². The molecule has 6 heteroatoms. The number of phenols is 1. The maximum Gasteiger partial charge on any atom is 0.383 e. The third-order valence-electron chi connectivity index (χ3n) is 3.82. The maximum atomic E-state index is 12.3. The number of aromatic hydroxyl groups is 1. The lowest BCUT2D eigenvalue weighted by atomic mass is 10.1. The van der Waals surface area contributed by atoms with Gasteiger partial charge in [-0.05, 0) is 51.8 Å². The van der Waals surface area contributed by atoms with Gasteiger partial charge in [0.1, 0.15) is 23.3 Å². The Bertz CT molecular complexity index is 945. The van der Waals surface area contributed by atoms with Crippen molar-refractivity contribution < 1.29 is 23.8 Å². The van der Waals surface area contributed by atoms with Crippen LogP contribution in [0.5, 0.6) is 17.2 Å². The van der Waals surface area contributed by atoms with Gasteiger partial charge in [-0.2, -0.15) is 0 Å². The Kier molecular flexibility index (Phi) is 6.82. The number of esters is 1. The van der Waals surface area contributed by atoms with E-state index in [1.54, 1.807) is 0 Å². The molecule has 1 heterocycles. The number of benzene rings is 1. The summed E-state index contributed by atoms with van der Waals surface area (Å²) in [6.45, 7) is 7.39. The second-order valence-electron chi connectivity index (χ2n) is 6.47. The maximum absolute atomic E-state index is 12.3. The highest BCUT2D eigenvalue weighted by Gasteiger charge is 2.21. The average Bonchev–Trinajstić information content (AvgIpc) is 2.56. The molecule has 0 aliphatic carbocycles. The second-order valence-corrected chi connectivity index (χ2v) is 6.47. The molecule has 1 N–H and O–H groups in total. The first-order chi connectivity index (χ1) is 12.8. The zero-order valence-electron chi connectivity index (χ0n) is 16.0. The van der Waals surface area contributed by atoms with Crippen LogP contribution in [0, 0.1) is 0 Å². The van der Waals surface area contributed by atoms with Crippen LogP contribution in [0.4, 0.5) is 0 Å². The molecule has 1 aromatic carbocycles. The summed E-state index contributed by atoms with van der Waals surface area (Å²) in [6, 6.07) is 4.43. The molecule has 27 heavy (non-hydrogen) atoms. The number of phenolic OH excluding ortho intramolecular Hbond substituents is 1. The fourth-order valence-electron chi connectivity index (χ4n) is 2.51. The lowest BCUT2D eigenvalue weighted by molar-refractivity contribution is -0.131. The summed E-state index contributed by atoms with van der Waals surface area (Å²) in [4.78, 5) is 23.8. The van der Waals surface area contributed by atoms with E-state index in [9.17, 15) is 14.7 Å². The van der Waals surface area contributed by atoms with Crippen LogP contribution in [0.1, 0.15) is 40.5 Å². The van der Waals surface area contributed by atoms with Gasteiger partial charge in [-0.15, -0.1) is 0 Å². The molecule has 0 aliphatic heterocycles. The van der Waals surface area contributed by atoms with Gasteiger partial charge < -0.3 is 19.0 Å². The summed E-state index contributed by atoms with van der Waals surface area (Å²) >= 11 is 0. The number of carbonyl (C=O) groups excluding carboxylic acids is 1. The quantitative estimate of drug-likeness (QED) is 0.438. The molecule has 0 fully saturated rings. The number of allylic oxidation sites excluding steroid dienone is 3. The summed E-state index contributed by atoms with van der Waals surface area (Å²) in [5, 5.41) is 10.2. The van der Waals surface area contributed by atoms with Crippen molar-refractivity contribution in [3.05, 3.63) is 51.9 Å². The van der Waals surface area contributed by atoms with Gasteiger partial charge in [0.25, 0.3) is 0 Å². The van der Waals surface area contributed by atoms with Gasteiger partial charge >= 0.3 is 11.6 Å². The van der Waals surface area contributed by atoms with Crippen LogP contribution in [0.15, 0.2) is 50.7 Å². The highest BCUT2D eigenvalue weighted by molar-refractivity contribution is 5.93. The van der Waals surface area contributed by atoms with Crippen LogP contribution < -0.4 is 15.1 Å². The van der Waals surface area contributed by atoms with E-state index in [2.05, 4.69) is 6.08 Å². The lowest BCUT2D eigenvalue weighted by Crippen LogP contribution is -2.12. The SMILES string of the molecule is CC(=O)Oc1c(OCC=C(C)CCC=C(C)C)c(=O)oc2cccc(O)c12. The van der Waals surface area contributed by atoms with Crippen molar-refractivity contribution in [2.45, 2.75) is 40.5 Å². The van der Waals surface area contributed by atoms with E-state index in [4.69, 9.17) is 13.9 Å². The Balaban J connectivity index is 2.30. The van der Waals surface area contributed by atoms with E-state index >= 15 is 0 Å². The largest absolute Gasteiger partial charge is 0.507 e. The third kappa shape index (κ3) is 5.48. The summed E-state index contributed by atoms with van der Waals surface area (Å²) in [6.07, 6.45) is 5.80. The minimum absolute atomic E-state index is 0.108. The molecule has 0 spiro atoms. The van der Waals surface area contributed by atoms with E-state index in [-0.39, 0.29) is 34.8 Å². The van der Waals surface area contributed by atoms with Crippen molar-refractivity contribution in [1.29, 1.82) is 0 Å². The Morgan fingerprint density at radius 1 is 1.15 bits per heavy atom. The summed E-state index contributed by atoms with van der Waals surface area (Å²) in [7, 11) is 0. The van der Waals surface area contributed by atoms with Gasteiger partial charge in [0, 0.05) is 6.92 Å². The lowest BCUT2D eigenvalue weighted by Gasteiger charge is -2.12. The van der Waals surface area contributed by atoms with Crippen LogP contribution >= 0.6 is 0 Å². The fraction of sp³-hybridized carbons (Fsp3) is 0.333. The van der Waals surface area contributed by atoms with Gasteiger partial charge in [-0.3, -0.25) is 4.79 Å². The van der Waals surface area contributed by atoms with E-state index in [1.165, 1.54) is 30.7 Å². The van der Waals surface area contributed by atoms with Gasteiger partial charge in [0.2, 0.25) is 5.75 Å². The number of carbonyl (C=O) groups is 1. The number of rotatable bonds is 7. The zero-order chi connectivity index (χ0) is 20.0. The molecule has 0 radical (unpaired) electrons. The number of hydrogen-bond donors (Lipinski definition) is 1. The van der Waals surface area contributed by atoms with Crippen molar-refractivity contribution in [2.75, 3.05) is 6.61 Å². The Morgan fingerprint density at radius 2 is 1.89 bits per heavy atom. The summed E-state index contributed by atoms with van der Waals surface area (Å²) in [5.41, 5.74) is 1.70. The highest BCUT2D eigenvalue weighted by Crippen LogP contribution is 2.38. The molecular weight excluding hydrogens is 348 g/mol. The molecule has 2 aromatic rings. The molecule has 0 amide bonds. The van der Waals surface area contributed by atoms with Crippen LogP contribution in [0.25, 0.3) is 11.0 Å². The normalized spacial score (nSPS) is 11.3. The number of fused-ring (bicyclic) bond motifs is 1. The third-order valence-corrected chi connectivity index (χ3v) is 3.82. The topological polar surface area (TPSA) is 86.0 Å². The fourth-order valence-corrected chi connectivity index (χ4v) is 2.51. The van der Waals surface area contributed by atoms with E-state index in [0.29, 0.717) is 0 Å². The van der Waals surface area contributed by atoms with Crippen molar-refractivity contribution in [3.8, 4) is 17.2 Å². The van der Waals surface area contributed by atoms with Gasteiger partial charge in [0.05, 0.1) is 0 Å². The Hall–Kier alpha value is -3.02. The number of hydrogen-bond acceptors (Lipinski definition) is 6. The monoisotopic (exact) mass is 372 g/mol. The summed E-state index contributed by atoms with van der Waals surface area (Å²) < 4.78 is 15.9. The molecule has 0 aliphatic rings. The zero-order valence-corrected chi connectivity index (χ0v) is 16.0. The van der Waals surface area contributed by atoms with Crippen molar-refractivity contribution in [2.24, 2.45) is 0 Å². The van der Waals surface area contributed by atoms with E-state index < -0.39 is 11.6 Å². The molecular formula is C21H24O6. The molecule has 6 nitrogen and oxygen atoms in total. The van der Waals surface area contributed by atoms with Gasteiger partial charge in [-0.1, -0.05) is 23.3 Å². The smallest absolute Gasteiger partial charge is 0.383 e. The predicted molar refractivity (Wildman–Crippen MR) is 103 cm³/mol. The first-order valence-corrected chi connectivity index (χ1v) is 8.68. The molecule has 0 atom stereocenters. The molecule has 0 saturated carbocycles. The first-order valence-electron chi connectivity index (χ1n) is 8.68. The minimum Gasteiger partial charge on any atom is -0.507 e. The molecule has 1 aromatic heterocycles. The number of ether oxygens (including phenoxy) is 2. The van der Waals surface area contributed by atoms with E-state index in [1.807, 2.05) is 26.8 Å². The standard InChI is InChI=1S/C21H24O6/c1-13(2)7-5-8-14(3)11-12-25-20-19(26-15(4)22)18-16(23)9-6-10-17(18)27-21(20)24/h6-7,9-11,23H,5,8,12H2,1-4H3. The highest BCUT2D eigenvalue weighted by atomic mass is 16.6. The van der Waals surface area contributed by atoms with Crippen molar-refractivity contribution >= 4 is 16.9 Å². The molecule has 0 unspecified atom stereocenters. The molecule has 0 bridgehead atoms. The van der Waals surface area contributed by atoms with Crippen LogP contribution in [-0.4, -0.2) is 17.7 Å². The second kappa shape index (κ2) is 9.07. The Labute approximate surface area is 157 Å². The van der Waals surface area contributed by atoms with Gasteiger partial charge in [0.15, 0.2) is 5.75 Å². The Morgan fingerprint density at radius 3 is 2.56 bits per heavy atom. The first kappa shape index (κ1) is 20.3. The predicted octanol–water partition coefficient (Wildman–Crippen LogP) is 4.50. The van der Waals surface area contributed by atoms with E-state index in [0.717, 1.165) is 18.4 Å². The molecule has 0 saturated heterocycles. The molecule has 144 valence electrons. The average molecular weight is 372 g/mol. The molecule has 2 rings (SSSR count). The van der Waals surface area contributed by atoms with Crippen LogP contribution in [-0.2, 0) is 4.79 Å². The van der Waals surface area contributed by atoms with Crippen molar-refractivity contribution in [1.82, 2.24) is 0 Å². The van der Waals surface area contributed by atoms with Crippen LogP contribution in [0.2, 0.25) is 0 Å². The summed E-state index contributed by atoms with van der Waals surface area (Å²) in [5.74, 6) is -1.19. The minimum atomic E-state index is -0.778. The van der Waals surface area contributed by atoms with Gasteiger partial charge in [-0.25, -0.2) is 4.79 Å². The van der Waals surface area contributed by atoms with Crippen LogP contribution in [0.3, 0.4) is 0 Å².